The molecule has 7 heteroatoms. The minimum Gasteiger partial charge on any atom is -0.481 e. The van der Waals surface area contributed by atoms with E-state index in [0.717, 1.165) is 0 Å². The fourth-order valence-corrected chi connectivity index (χ4v) is 0.646. The molecule has 86 valence electrons. The van der Waals surface area contributed by atoms with Gasteiger partial charge in [0.15, 0.2) is 0 Å². The van der Waals surface area contributed by atoms with E-state index < -0.39 is 24.3 Å². The minimum absolute atomic E-state index is 0.419. The smallest absolute Gasteiger partial charge is 0.314 e. The Morgan fingerprint density at radius 1 is 1.12 bits per heavy atom. The molecule has 0 aromatic carbocycles. The fraction of sp³-hybridized carbons (Fsp3) is 0.111. The predicted molar refractivity (Wildman–Crippen MR) is 52.6 cm³/mol. The van der Waals surface area contributed by atoms with Crippen LogP contribution in [-0.2, 0) is 9.59 Å². The first-order chi connectivity index (χ1) is 7.43. The summed E-state index contributed by atoms with van der Waals surface area (Å²) >= 11 is 0. The Hall–Kier alpha value is -2.44. The lowest BCUT2D eigenvalue weighted by Crippen LogP contribution is -2.10. The first kappa shape index (κ1) is 13.6. The molecule has 0 bridgehead atoms. The maximum atomic E-state index is 10.4. The monoisotopic (exact) mass is 226 g/mol. The Labute approximate surface area is 90.5 Å². The van der Waals surface area contributed by atoms with Crippen LogP contribution in [0.2, 0.25) is 0 Å². The van der Waals surface area contributed by atoms with Gasteiger partial charge in [0.25, 0.3) is 0 Å². The maximum Gasteiger partial charge on any atom is 0.314 e. The van der Waals surface area contributed by atoms with E-state index in [9.17, 15) is 14.4 Å². The van der Waals surface area contributed by atoms with Gasteiger partial charge in [-0.25, -0.2) is 0 Å². The Morgan fingerprint density at radius 2 is 1.56 bits per heavy atom. The topological polar surface area (TPSA) is 131 Å². The third-order valence-electron chi connectivity index (χ3n) is 1.27. The summed E-state index contributed by atoms with van der Waals surface area (Å²) in [5, 5.41) is 15.4. The van der Waals surface area contributed by atoms with E-state index in [1.165, 1.54) is 12.4 Å². The number of hydrogen-bond acceptors (Lipinski definition) is 4. The summed E-state index contributed by atoms with van der Waals surface area (Å²) in [4.78, 5) is 33.0. The second-order valence-electron chi connectivity index (χ2n) is 2.56. The molecule has 0 spiro atoms. The number of pyridine rings is 1. The van der Waals surface area contributed by atoms with E-state index >= 15 is 0 Å². The van der Waals surface area contributed by atoms with Crippen molar-refractivity contribution in [2.24, 2.45) is 5.73 Å². The number of nitrogens with zero attached hydrogens (tertiary/aromatic N) is 1. The standard InChI is InChI=1S/C6H6N2O.C3H4O4/c7-6(9)5-1-3-8-4-2-5;4-2(5)1-3(6)7/h1-4H,(H2,7,9);1H2,(H,4,5)(H,6,7). The number of amides is 1. The molecule has 1 aromatic rings. The molecule has 1 heterocycles. The van der Waals surface area contributed by atoms with Crippen LogP contribution >= 0.6 is 0 Å². The molecule has 7 nitrogen and oxygen atoms in total. The van der Waals surface area contributed by atoms with Crippen molar-refractivity contribution in [2.75, 3.05) is 0 Å². The zero-order chi connectivity index (χ0) is 12.6. The molecule has 0 fully saturated rings. The molecule has 0 aliphatic carbocycles. The molecule has 0 atom stereocenters. The number of carbonyl (C=O) groups is 3. The Balaban J connectivity index is 0.000000293. The number of rotatable bonds is 3. The third kappa shape index (κ3) is 7.01. The average molecular weight is 226 g/mol. The van der Waals surface area contributed by atoms with Gasteiger partial charge in [0.05, 0.1) is 0 Å². The predicted octanol–water partition coefficient (Wildman–Crippen LogP) is -0.274. The van der Waals surface area contributed by atoms with Crippen molar-refractivity contribution in [2.45, 2.75) is 6.42 Å². The maximum absolute atomic E-state index is 10.4. The van der Waals surface area contributed by atoms with Gasteiger partial charge in [0.2, 0.25) is 5.91 Å². The van der Waals surface area contributed by atoms with E-state index in [0.29, 0.717) is 5.56 Å². The number of nitrogens with two attached hydrogens (primary N) is 1. The Morgan fingerprint density at radius 3 is 1.75 bits per heavy atom. The van der Waals surface area contributed by atoms with Gasteiger partial charge < -0.3 is 15.9 Å². The van der Waals surface area contributed by atoms with Crippen molar-refractivity contribution in [1.82, 2.24) is 4.98 Å². The molecule has 0 aliphatic heterocycles. The van der Waals surface area contributed by atoms with E-state index in [2.05, 4.69) is 4.98 Å². The first-order valence-electron chi connectivity index (χ1n) is 4.07. The molecule has 1 amide bonds. The van der Waals surface area contributed by atoms with E-state index in [1.807, 2.05) is 0 Å². The number of aliphatic carboxylic acids is 2. The van der Waals surface area contributed by atoms with Gasteiger partial charge >= 0.3 is 11.9 Å². The number of primary amides is 1. The summed E-state index contributed by atoms with van der Waals surface area (Å²) in [6.45, 7) is 0. The molecule has 0 saturated heterocycles. The van der Waals surface area contributed by atoms with E-state index in [-0.39, 0.29) is 0 Å². The summed E-state index contributed by atoms with van der Waals surface area (Å²) < 4.78 is 0. The van der Waals surface area contributed by atoms with Crippen molar-refractivity contribution in [1.29, 1.82) is 0 Å². The van der Waals surface area contributed by atoms with Crippen LogP contribution in [0.5, 0.6) is 0 Å². The van der Waals surface area contributed by atoms with Crippen LogP contribution in [0, 0.1) is 0 Å². The number of aromatic nitrogens is 1. The third-order valence-corrected chi connectivity index (χ3v) is 1.27. The highest BCUT2D eigenvalue weighted by molar-refractivity contribution is 5.92. The van der Waals surface area contributed by atoms with Gasteiger partial charge in [-0.3, -0.25) is 19.4 Å². The van der Waals surface area contributed by atoms with E-state index in [1.54, 1.807) is 12.1 Å². The van der Waals surface area contributed by atoms with Crippen molar-refractivity contribution in [3.63, 3.8) is 0 Å². The number of hydrogen-bond donors (Lipinski definition) is 3. The van der Waals surface area contributed by atoms with Crippen LogP contribution < -0.4 is 5.73 Å². The van der Waals surface area contributed by atoms with Crippen LogP contribution in [0.4, 0.5) is 0 Å². The zero-order valence-corrected chi connectivity index (χ0v) is 8.16. The van der Waals surface area contributed by atoms with Gasteiger partial charge in [-0.05, 0) is 12.1 Å². The highest BCUT2D eigenvalue weighted by atomic mass is 16.4. The van der Waals surface area contributed by atoms with Gasteiger partial charge in [0.1, 0.15) is 6.42 Å². The normalized spacial score (nSPS) is 8.50. The molecule has 1 aromatic heterocycles. The molecular formula is C9H10N2O5. The van der Waals surface area contributed by atoms with Crippen molar-refractivity contribution in [3.8, 4) is 0 Å². The van der Waals surface area contributed by atoms with Crippen LogP contribution in [0.25, 0.3) is 0 Å². The van der Waals surface area contributed by atoms with Gasteiger partial charge in [-0.1, -0.05) is 0 Å². The first-order valence-corrected chi connectivity index (χ1v) is 4.07. The lowest BCUT2D eigenvalue weighted by Gasteiger charge is -1.88. The molecule has 0 unspecified atom stereocenters. The van der Waals surface area contributed by atoms with Crippen molar-refractivity contribution in [3.05, 3.63) is 30.1 Å². The van der Waals surface area contributed by atoms with Crippen LogP contribution in [0.1, 0.15) is 16.8 Å². The van der Waals surface area contributed by atoms with Gasteiger partial charge in [-0.2, -0.15) is 0 Å². The molecule has 4 N–H and O–H groups in total. The van der Waals surface area contributed by atoms with Gasteiger partial charge in [0, 0.05) is 18.0 Å². The Kier molecular flexibility index (Phi) is 5.88. The Bertz CT molecular complexity index is 365. The number of carboxylic acid groups (broad SMARTS) is 2. The van der Waals surface area contributed by atoms with Crippen molar-refractivity contribution < 1.29 is 24.6 Å². The summed E-state index contributed by atoms with van der Waals surface area (Å²) in [6.07, 6.45) is 2.25. The largest absolute Gasteiger partial charge is 0.481 e. The molecule has 0 radical (unpaired) electrons. The summed E-state index contributed by atoms with van der Waals surface area (Å²) in [6, 6.07) is 3.14. The van der Waals surface area contributed by atoms with Crippen LogP contribution in [0.15, 0.2) is 24.5 Å². The molecular weight excluding hydrogens is 216 g/mol. The SMILES string of the molecule is NC(=O)c1ccncc1.O=C(O)CC(=O)O. The average Bonchev–Trinajstić information content (AvgIpc) is 2.17. The lowest BCUT2D eigenvalue weighted by atomic mass is 10.3. The number of carboxylic acids is 2. The highest BCUT2D eigenvalue weighted by Crippen LogP contribution is 1.91. The molecule has 16 heavy (non-hydrogen) atoms. The van der Waals surface area contributed by atoms with E-state index in [4.69, 9.17) is 15.9 Å². The molecule has 0 saturated carbocycles. The van der Waals surface area contributed by atoms with Crippen molar-refractivity contribution >= 4 is 17.8 Å². The quantitative estimate of drug-likeness (QED) is 0.608. The van der Waals surface area contributed by atoms with Gasteiger partial charge in [-0.15, -0.1) is 0 Å². The molecule has 0 aliphatic rings. The summed E-state index contributed by atoms with van der Waals surface area (Å²) in [5.41, 5.74) is 5.44. The summed E-state index contributed by atoms with van der Waals surface area (Å²) in [5.74, 6) is -3.04. The second kappa shape index (κ2) is 6.93. The summed E-state index contributed by atoms with van der Waals surface area (Å²) in [7, 11) is 0. The molecule has 1 rings (SSSR count). The fourth-order valence-electron chi connectivity index (χ4n) is 0.646. The van der Waals surface area contributed by atoms with Crippen LogP contribution in [-0.4, -0.2) is 33.0 Å². The minimum atomic E-state index is -1.31. The number of carbonyl (C=O) groups excluding carboxylic acids is 1. The zero-order valence-electron chi connectivity index (χ0n) is 8.16. The lowest BCUT2D eigenvalue weighted by molar-refractivity contribution is -0.147. The second-order valence-corrected chi connectivity index (χ2v) is 2.56. The van der Waals surface area contributed by atoms with Crippen LogP contribution in [0.3, 0.4) is 0 Å². The highest BCUT2D eigenvalue weighted by Gasteiger charge is 2.01.